The van der Waals surface area contributed by atoms with Gasteiger partial charge < -0.3 is 14.8 Å². The summed E-state index contributed by atoms with van der Waals surface area (Å²) >= 11 is 0. The summed E-state index contributed by atoms with van der Waals surface area (Å²) in [7, 11) is 0. The molecule has 0 bridgehead atoms. The highest BCUT2D eigenvalue weighted by atomic mass is 16.6. The van der Waals surface area contributed by atoms with Crippen molar-refractivity contribution in [1.29, 1.82) is 0 Å². The predicted octanol–water partition coefficient (Wildman–Crippen LogP) is 0.702. The molecule has 0 aliphatic carbocycles. The van der Waals surface area contributed by atoms with Gasteiger partial charge >= 0.3 is 18.0 Å². The summed E-state index contributed by atoms with van der Waals surface area (Å²) in [6.07, 6.45) is -0.367. The van der Waals surface area contributed by atoms with E-state index in [1.54, 1.807) is 31.2 Å². The van der Waals surface area contributed by atoms with Crippen LogP contribution in [-0.4, -0.2) is 48.0 Å². The largest absolute Gasteiger partial charge is 0.463 e. The van der Waals surface area contributed by atoms with Gasteiger partial charge in [0.1, 0.15) is 12.1 Å². The van der Waals surface area contributed by atoms with E-state index in [1.165, 1.54) is 0 Å². The van der Waals surface area contributed by atoms with Gasteiger partial charge in [0.2, 0.25) is 6.10 Å². The van der Waals surface area contributed by atoms with E-state index in [0.717, 1.165) is 4.90 Å². The van der Waals surface area contributed by atoms with Crippen molar-refractivity contribution in [2.24, 2.45) is 0 Å². The zero-order valence-electron chi connectivity index (χ0n) is 13.7. The molecule has 1 aromatic carbocycles. The highest BCUT2D eigenvalue weighted by Crippen LogP contribution is 2.32. The number of nitrogens with zero attached hydrogens (tertiary/aromatic N) is 1. The molecule has 2 saturated heterocycles. The fraction of sp³-hybridized carbons (Fsp3) is 0.412. The second-order valence-corrected chi connectivity index (χ2v) is 5.88. The van der Waals surface area contributed by atoms with Crippen LogP contribution in [0.3, 0.4) is 0 Å². The number of ether oxygens (including phenoxy) is 2. The zero-order chi connectivity index (χ0) is 18.0. The van der Waals surface area contributed by atoms with Gasteiger partial charge in [0.15, 0.2) is 0 Å². The monoisotopic (exact) mass is 346 g/mol. The van der Waals surface area contributed by atoms with Gasteiger partial charge in [-0.2, -0.15) is 0 Å². The van der Waals surface area contributed by atoms with Crippen LogP contribution in [0.2, 0.25) is 0 Å². The lowest BCUT2D eigenvalue weighted by Crippen LogP contribution is -2.44. The summed E-state index contributed by atoms with van der Waals surface area (Å²) in [5.41, 5.74) is -0.559. The quantitative estimate of drug-likeness (QED) is 0.622. The van der Waals surface area contributed by atoms with Crippen LogP contribution in [0.25, 0.3) is 0 Å². The van der Waals surface area contributed by atoms with Gasteiger partial charge in [0.25, 0.3) is 5.91 Å². The first-order valence-corrected chi connectivity index (χ1v) is 8.03. The Morgan fingerprint density at radius 3 is 2.64 bits per heavy atom. The van der Waals surface area contributed by atoms with Crippen molar-refractivity contribution in [2.75, 3.05) is 13.2 Å². The minimum atomic E-state index is -1.20. The van der Waals surface area contributed by atoms with Crippen molar-refractivity contribution in [3.8, 4) is 0 Å². The van der Waals surface area contributed by atoms with Crippen molar-refractivity contribution < 1.29 is 28.7 Å². The number of imide groups is 1. The maximum absolute atomic E-state index is 12.8. The second-order valence-electron chi connectivity index (χ2n) is 5.88. The molecule has 2 aliphatic heterocycles. The standard InChI is InChI=1S/C17H18N2O6/c1-2-17(11-6-4-3-5-7-11)15(22)19(16(23)18-17)10-13(20)25-12-8-9-24-14(12)21/h3-7,12H,2,8-10H2,1H3,(H,18,23)/t12-,17-/m1/s1. The third kappa shape index (κ3) is 2.95. The first kappa shape index (κ1) is 16.9. The van der Waals surface area contributed by atoms with E-state index in [4.69, 9.17) is 9.47 Å². The Hall–Kier alpha value is -2.90. The van der Waals surface area contributed by atoms with Gasteiger partial charge in [0, 0.05) is 6.42 Å². The molecule has 132 valence electrons. The van der Waals surface area contributed by atoms with Crippen LogP contribution in [0.5, 0.6) is 0 Å². The Kier molecular flexibility index (Phi) is 4.43. The van der Waals surface area contributed by atoms with E-state index < -0.39 is 42.1 Å². The Bertz CT molecular complexity index is 719. The first-order chi connectivity index (χ1) is 12.0. The number of urea groups is 1. The Morgan fingerprint density at radius 2 is 2.04 bits per heavy atom. The summed E-state index contributed by atoms with van der Waals surface area (Å²) in [4.78, 5) is 49.3. The highest BCUT2D eigenvalue weighted by Gasteiger charge is 2.51. The number of carbonyl (C=O) groups excluding carboxylic acids is 4. The molecule has 2 aliphatic rings. The number of benzene rings is 1. The molecule has 0 radical (unpaired) electrons. The summed E-state index contributed by atoms with van der Waals surface area (Å²) in [5, 5.41) is 2.68. The minimum absolute atomic E-state index is 0.187. The van der Waals surface area contributed by atoms with Crippen LogP contribution in [-0.2, 0) is 29.4 Å². The van der Waals surface area contributed by atoms with Crippen LogP contribution >= 0.6 is 0 Å². The molecule has 3 rings (SSSR count). The van der Waals surface area contributed by atoms with Crippen LogP contribution < -0.4 is 5.32 Å². The van der Waals surface area contributed by atoms with E-state index in [1.807, 2.05) is 6.07 Å². The number of esters is 2. The van der Waals surface area contributed by atoms with E-state index in [2.05, 4.69) is 5.32 Å². The van der Waals surface area contributed by atoms with Crippen LogP contribution in [0.4, 0.5) is 4.79 Å². The highest BCUT2D eigenvalue weighted by molar-refractivity contribution is 6.09. The number of amides is 3. The van der Waals surface area contributed by atoms with E-state index in [0.29, 0.717) is 12.0 Å². The van der Waals surface area contributed by atoms with Crippen molar-refractivity contribution >= 4 is 23.9 Å². The molecule has 1 N–H and O–H groups in total. The number of rotatable bonds is 5. The van der Waals surface area contributed by atoms with Gasteiger partial charge in [-0.25, -0.2) is 9.59 Å². The second kappa shape index (κ2) is 6.54. The van der Waals surface area contributed by atoms with E-state index in [9.17, 15) is 19.2 Å². The van der Waals surface area contributed by atoms with Crippen LogP contribution in [0, 0.1) is 0 Å². The maximum atomic E-state index is 12.8. The van der Waals surface area contributed by atoms with Crippen LogP contribution in [0.1, 0.15) is 25.3 Å². The molecule has 8 nitrogen and oxygen atoms in total. The van der Waals surface area contributed by atoms with Gasteiger partial charge in [0.05, 0.1) is 6.61 Å². The third-order valence-corrected chi connectivity index (χ3v) is 4.42. The molecule has 2 fully saturated rings. The lowest BCUT2D eigenvalue weighted by atomic mass is 9.87. The molecular formula is C17H18N2O6. The number of cyclic esters (lactones) is 1. The number of carbonyl (C=O) groups is 4. The number of hydrogen-bond acceptors (Lipinski definition) is 6. The molecule has 2 atom stereocenters. The molecule has 25 heavy (non-hydrogen) atoms. The number of nitrogens with one attached hydrogen (secondary N) is 1. The van der Waals surface area contributed by atoms with Crippen molar-refractivity contribution in [3.63, 3.8) is 0 Å². The average molecular weight is 346 g/mol. The molecule has 0 unspecified atom stereocenters. The Labute approximate surface area is 144 Å². The topological polar surface area (TPSA) is 102 Å². The molecule has 8 heteroatoms. The molecule has 1 aromatic rings. The fourth-order valence-corrected chi connectivity index (χ4v) is 3.04. The van der Waals surface area contributed by atoms with Gasteiger partial charge in [-0.15, -0.1) is 0 Å². The smallest absolute Gasteiger partial charge is 0.347 e. The van der Waals surface area contributed by atoms with Crippen molar-refractivity contribution in [1.82, 2.24) is 10.2 Å². The molecule has 2 heterocycles. The molecule has 0 spiro atoms. The first-order valence-electron chi connectivity index (χ1n) is 8.03. The van der Waals surface area contributed by atoms with E-state index >= 15 is 0 Å². The zero-order valence-corrected chi connectivity index (χ0v) is 13.7. The minimum Gasteiger partial charge on any atom is -0.463 e. The average Bonchev–Trinajstić information content (AvgIpc) is 3.12. The lowest BCUT2D eigenvalue weighted by molar-refractivity contribution is -0.161. The summed E-state index contributed by atoms with van der Waals surface area (Å²) < 4.78 is 9.71. The summed E-state index contributed by atoms with van der Waals surface area (Å²) in [6.45, 7) is 1.41. The summed E-state index contributed by atoms with van der Waals surface area (Å²) in [5.74, 6) is -1.96. The molecular weight excluding hydrogens is 328 g/mol. The maximum Gasteiger partial charge on any atom is 0.347 e. The molecule has 3 amide bonds. The fourth-order valence-electron chi connectivity index (χ4n) is 3.04. The van der Waals surface area contributed by atoms with E-state index in [-0.39, 0.29) is 13.0 Å². The Balaban J connectivity index is 1.75. The number of hydrogen-bond donors (Lipinski definition) is 1. The van der Waals surface area contributed by atoms with Gasteiger partial charge in [-0.1, -0.05) is 37.3 Å². The molecule has 0 saturated carbocycles. The lowest BCUT2D eigenvalue weighted by Gasteiger charge is -2.25. The summed E-state index contributed by atoms with van der Waals surface area (Å²) in [6, 6.07) is 8.19. The van der Waals surface area contributed by atoms with Gasteiger partial charge in [-0.3, -0.25) is 14.5 Å². The van der Waals surface area contributed by atoms with Gasteiger partial charge in [-0.05, 0) is 12.0 Å². The van der Waals surface area contributed by atoms with Crippen molar-refractivity contribution in [2.45, 2.75) is 31.4 Å². The third-order valence-electron chi connectivity index (χ3n) is 4.42. The molecule has 0 aromatic heterocycles. The Morgan fingerprint density at radius 1 is 1.32 bits per heavy atom. The predicted molar refractivity (Wildman–Crippen MR) is 84.1 cm³/mol. The van der Waals surface area contributed by atoms with Crippen LogP contribution in [0.15, 0.2) is 30.3 Å². The SMILES string of the molecule is CC[C@]1(c2ccccc2)NC(=O)N(CC(=O)O[C@@H]2CCOC2=O)C1=O. The normalized spacial score (nSPS) is 25.7. The van der Waals surface area contributed by atoms with Crippen molar-refractivity contribution in [3.05, 3.63) is 35.9 Å².